The maximum Gasteiger partial charge on any atom is 0.340 e. The van der Waals surface area contributed by atoms with E-state index in [0.717, 1.165) is 7.11 Å². The van der Waals surface area contributed by atoms with Crippen molar-refractivity contribution in [2.75, 3.05) is 12.9 Å². The highest BCUT2D eigenvalue weighted by Crippen LogP contribution is 2.46. The van der Waals surface area contributed by atoms with Gasteiger partial charge in [-0.2, -0.15) is 8.78 Å². The zero-order valence-electron chi connectivity index (χ0n) is 10.4. The lowest BCUT2D eigenvalue weighted by molar-refractivity contribution is -0.291. The molecule has 116 valence electrons. The molecule has 0 radical (unpaired) electrons. The fraction of sp³-hybridized carbons (Fsp3) is 0.364. The quantitative estimate of drug-likeness (QED) is 0.564. The van der Waals surface area contributed by atoms with Crippen LogP contribution in [0.5, 0.6) is 0 Å². The van der Waals surface area contributed by atoms with E-state index < -0.39 is 55.1 Å². The van der Waals surface area contributed by atoms with Crippen molar-refractivity contribution in [3.63, 3.8) is 0 Å². The van der Waals surface area contributed by atoms with E-state index in [0.29, 0.717) is 0 Å². The van der Waals surface area contributed by atoms with Crippen LogP contribution >= 0.6 is 0 Å². The van der Waals surface area contributed by atoms with Gasteiger partial charge in [-0.1, -0.05) is 0 Å². The number of alkyl halides is 2. The molecule has 0 amide bonds. The lowest BCUT2D eigenvalue weighted by Gasteiger charge is -2.36. The van der Waals surface area contributed by atoms with E-state index in [1.165, 1.54) is 0 Å². The number of carbonyl (C=O) groups is 1. The Kier molecular flexibility index (Phi) is 3.31. The molecule has 0 aromatic heterocycles. The highest BCUT2D eigenvalue weighted by Gasteiger charge is 2.61. The lowest BCUT2D eigenvalue weighted by Crippen LogP contribution is -2.54. The number of fused-ring (bicyclic) bond motifs is 1. The molecule has 21 heavy (non-hydrogen) atoms. The number of aliphatic hydroxyl groups is 2. The van der Waals surface area contributed by atoms with Gasteiger partial charge in [0.25, 0.3) is 0 Å². The van der Waals surface area contributed by atoms with Gasteiger partial charge in [0.15, 0.2) is 9.84 Å². The number of halogens is 3. The first-order valence-corrected chi connectivity index (χ1v) is 7.07. The minimum absolute atomic E-state index is 0.236. The SMILES string of the molecule is COC(=O)c1cc2c(cc1F)S(=O)(=O)CC(O)(O)C2(F)F. The Morgan fingerprint density at radius 1 is 1.33 bits per heavy atom. The summed E-state index contributed by atoms with van der Waals surface area (Å²) in [7, 11) is -3.69. The summed E-state index contributed by atoms with van der Waals surface area (Å²) in [5.41, 5.74) is -2.32. The van der Waals surface area contributed by atoms with Crippen LogP contribution < -0.4 is 0 Å². The van der Waals surface area contributed by atoms with E-state index in [2.05, 4.69) is 4.74 Å². The van der Waals surface area contributed by atoms with Gasteiger partial charge in [0.05, 0.1) is 17.6 Å². The van der Waals surface area contributed by atoms with E-state index in [1.54, 1.807) is 0 Å². The largest absolute Gasteiger partial charge is 0.465 e. The van der Waals surface area contributed by atoms with Gasteiger partial charge >= 0.3 is 11.9 Å². The Hall–Kier alpha value is -1.65. The van der Waals surface area contributed by atoms with Gasteiger partial charge in [-0.3, -0.25) is 0 Å². The first-order chi connectivity index (χ1) is 9.44. The summed E-state index contributed by atoms with van der Waals surface area (Å²) in [5.74, 6) is -12.7. The first kappa shape index (κ1) is 15.7. The van der Waals surface area contributed by atoms with Gasteiger partial charge in [0, 0.05) is 5.56 Å². The number of rotatable bonds is 1. The molecule has 0 bridgehead atoms. The fourth-order valence-electron chi connectivity index (χ4n) is 1.97. The molecule has 2 N–H and O–H groups in total. The topological polar surface area (TPSA) is 101 Å². The molecule has 1 aromatic rings. The van der Waals surface area contributed by atoms with E-state index in [1.807, 2.05) is 0 Å². The van der Waals surface area contributed by atoms with Gasteiger partial charge in [0.1, 0.15) is 11.6 Å². The summed E-state index contributed by atoms with van der Waals surface area (Å²) >= 11 is 0. The van der Waals surface area contributed by atoms with Crippen molar-refractivity contribution in [1.82, 2.24) is 0 Å². The molecule has 0 saturated carbocycles. The predicted octanol–water partition coefficient (Wildman–Crippen LogP) is 0.172. The third-order valence-corrected chi connectivity index (χ3v) is 4.83. The monoisotopic (exact) mass is 326 g/mol. The summed E-state index contributed by atoms with van der Waals surface area (Å²) in [5, 5.41) is 18.5. The molecule has 6 nitrogen and oxygen atoms in total. The summed E-state index contributed by atoms with van der Waals surface area (Å²) < 4.78 is 69.3. The van der Waals surface area contributed by atoms with Crippen LogP contribution in [-0.4, -0.2) is 43.2 Å². The van der Waals surface area contributed by atoms with Crippen LogP contribution in [0.2, 0.25) is 0 Å². The molecule has 0 saturated heterocycles. The third kappa shape index (κ3) is 2.19. The number of methoxy groups -OCH3 is 1. The Balaban J connectivity index is 2.84. The zero-order valence-corrected chi connectivity index (χ0v) is 11.2. The Labute approximate surface area is 116 Å². The second kappa shape index (κ2) is 4.42. The van der Waals surface area contributed by atoms with Crippen LogP contribution in [0.3, 0.4) is 0 Å². The normalized spacial score (nSPS) is 21.4. The number of carbonyl (C=O) groups excluding carboxylic acids is 1. The van der Waals surface area contributed by atoms with E-state index in [9.17, 15) is 36.6 Å². The Morgan fingerprint density at radius 2 is 1.90 bits per heavy atom. The summed E-state index contributed by atoms with van der Waals surface area (Å²) in [4.78, 5) is 10.2. The van der Waals surface area contributed by atoms with Crippen LogP contribution in [0.4, 0.5) is 13.2 Å². The maximum absolute atomic E-state index is 14.0. The van der Waals surface area contributed by atoms with E-state index in [-0.39, 0.29) is 12.1 Å². The van der Waals surface area contributed by atoms with Crippen molar-refractivity contribution in [3.05, 3.63) is 29.1 Å². The molecule has 0 aliphatic carbocycles. The van der Waals surface area contributed by atoms with Gasteiger partial charge < -0.3 is 14.9 Å². The molecule has 1 aromatic carbocycles. The predicted molar refractivity (Wildman–Crippen MR) is 60.9 cm³/mol. The second-order valence-corrected chi connectivity index (χ2v) is 6.43. The van der Waals surface area contributed by atoms with Crippen molar-refractivity contribution in [1.29, 1.82) is 0 Å². The molecule has 2 rings (SSSR count). The number of hydrogen-bond acceptors (Lipinski definition) is 6. The molecule has 1 aliphatic rings. The Bertz CT molecular complexity index is 726. The van der Waals surface area contributed by atoms with Crippen LogP contribution in [0.15, 0.2) is 17.0 Å². The minimum atomic E-state index is -4.56. The van der Waals surface area contributed by atoms with Crippen molar-refractivity contribution < 1.29 is 41.3 Å². The standard InChI is InChI=1S/C11H9F3O6S/c1-20-9(15)5-2-6-8(3-7(5)12)21(18,19)4-10(16,17)11(6,13)14/h2-3,16-17H,4H2,1H3. The number of benzene rings is 1. The van der Waals surface area contributed by atoms with Crippen molar-refractivity contribution in [3.8, 4) is 0 Å². The number of esters is 1. The van der Waals surface area contributed by atoms with Gasteiger partial charge in [-0.15, -0.1) is 0 Å². The summed E-state index contributed by atoms with van der Waals surface area (Å²) in [6.07, 6.45) is 0. The minimum Gasteiger partial charge on any atom is -0.465 e. The average Bonchev–Trinajstić information content (AvgIpc) is 2.34. The first-order valence-electron chi connectivity index (χ1n) is 5.42. The van der Waals surface area contributed by atoms with Crippen molar-refractivity contribution >= 4 is 15.8 Å². The van der Waals surface area contributed by atoms with Crippen LogP contribution in [-0.2, 0) is 20.5 Å². The molecule has 0 fully saturated rings. The van der Waals surface area contributed by atoms with Crippen LogP contribution in [0.25, 0.3) is 0 Å². The van der Waals surface area contributed by atoms with Gasteiger partial charge in [0.2, 0.25) is 5.79 Å². The van der Waals surface area contributed by atoms with Crippen LogP contribution in [0, 0.1) is 5.82 Å². The molecule has 1 heterocycles. The highest BCUT2D eigenvalue weighted by molar-refractivity contribution is 7.91. The van der Waals surface area contributed by atoms with E-state index in [4.69, 9.17) is 0 Å². The number of sulfone groups is 1. The zero-order chi connectivity index (χ0) is 16.2. The highest BCUT2D eigenvalue weighted by atomic mass is 32.2. The van der Waals surface area contributed by atoms with Crippen molar-refractivity contribution in [2.45, 2.75) is 16.6 Å². The molecule has 0 unspecified atom stereocenters. The molecule has 0 atom stereocenters. The molecular weight excluding hydrogens is 317 g/mol. The number of ether oxygens (including phenoxy) is 1. The van der Waals surface area contributed by atoms with Crippen molar-refractivity contribution in [2.24, 2.45) is 0 Å². The summed E-state index contributed by atoms with van der Waals surface area (Å²) in [6, 6.07) is 0.481. The third-order valence-electron chi connectivity index (χ3n) is 3.04. The lowest BCUT2D eigenvalue weighted by atomic mass is 9.98. The number of hydrogen-bond donors (Lipinski definition) is 2. The molecule has 0 spiro atoms. The Morgan fingerprint density at radius 3 is 2.43 bits per heavy atom. The van der Waals surface area contributed by atoms with Gasteiger partial charge in [-0.05, 0) is 12.1 Å². The van der Waals surface area contributed by atoms with E-state index >= 15 is 0 Å². The fourth-order valence-corrected chi connectivity index (χ4v) is 3.65. The van der Waals surface area contributed by atoms with Gasteiger partial charge in [-0.25, -0.2) is 17.6 Å². The molecule has 10 heteroatoms. The average molecular weight is 326 g/mol. The van der Waals surface area contributed by atoms with Crippen LogP contribution in [0.1, 0.15) is 15.9 Å². The smallest absolute Gasteiger partial charge is 0.340 e. The summed E-state index contributed by atoms with van der Waals surface area (Å²) in [6.45, 7) is 0. The molecule has 1 aliphatic heterocycles. The molecular formula is C11H9F3O6S. The second-order valence-electron chi connectivity index (χ2n) is 4.47. The maximum atomic E-state index is 14.0.